The summed E-state index contributed by atoms with van der Waals surface area (Å²) in [7, 11) is 1.40. The maximum Gasteiger partial charge on any atom is 0.337 e. The monoisotopic (exact) mass is 363 g/mol. The summed E-state index contributed by atoms with van der Waals surface area (Å²) < 4.78 is 4.75. The zero-order valence-electron chi connectivity index (χ0n) is 16.7. The SMILES string of the molecule is COC(=O)c1ccc(-c2ccc(N[C@H]3C[C@H]4C[C@@H]([C@@H]3C)C4(C)C)cc2)cc1. The number of methoxy groups -OCH3 is 1. The molecule has 2 bridgehead atoms. The number of ether oxygens (including phenoxy) is 1. The molecule has 4 atom stereocenters. The summed E-state index contributed by atoms with van der Waals surface area (Å²) in [4.78, 5) is 11.6. The number of fused-ring (bicyclic) bond motifs is 2. The summed E-state index contributed by atoms with van der Waals surface area (Å²) in [6.07, 6.45) is 2.69. The molecule has 2 aromatic rings. The molecule has 1 N–H and O–H groups in total. The van der Waals surface area contributed by atoms with Crippen molar-refractivity contribution in [3.63, 3.8) is 0 Å². The predicted molar refractivity (Wildman–Crippen MR) is 110 cm³/mol. The van der Waals surface area contributed by atoms with Gasteiger partial charge in [-0.1, -0.05) is 45.0 Å². The van der Waals surface area contributed by atoms with E-state index in [-0.39, 0.29) is 5.97 Å². The Morgan fingerprint density at radius 3 is 2.11 bits per heavy atom. The van der Waals surface area contributed by atoms with Crippen LogP contribution < -0.4 is 5.32 Å². The van der Waals surface area contributed by atoms with Gasteiger partial charge in [0.25, 0.3) is 0 Å². The predicted octanol–water partition coefficient (Wildman–Crippen LogP) is 5.62. The van der Waals surface area contributed by atoms with E-state index in [0.717, 1.165) is 28.9 Å². The van der Waals surface area contributed by atoms with Gasteiger partial charge in [0.05, 0.1) is 12.7 Å². The van der Waals surface area contributed by atoms with E-state index in [1.54, 1.807) is 0 Å². The Balaban J connectivity index is 1.43. The van der Waals surface area contributed by atoms with E-state index >= 15 is 0 Å². The Morgan fingerprint density at radius 2 is 1.59 bits per heavy atom. The standard InChI is InChI=1S/C24H29NO2/c1-15-21-13-19(24(21,2)3)14-22(15)25-20-11-9-17(10-12-20)16-5-7-18(8-6-16)23(26)27-4/h5-12,15,19,21-22,25H,13-14H2,1-4H3/t15-,19+,21-,22-/m0/s1. The van der Waals surface area contributed by atoms with Crippen molar-refractivity contribution in [2.75, 3.05) is 12.4 Å². The fourth-order valence-corrected chi connectivity index (χ4v) is 5.23. The Hall–Kier alpha value is -2.29. The summed E-state index contributed by atoms with van der Waals surface area (Å²) in [5.41, 5.74) is 4.55. The average Bonchev–Trinajstić information content (AvgIpc) is 2.69. The van der Waals surface area contributed by atoms with Crippen LogP contribution in [-0.4, -0.2) is 19.1 Å². The maximum atomic E-state index is 11.6. The van der Waals surface area contributed by atoms with Crippen LogP contribution in [0.5, 0.6) is 0 Å². The number of esters is 1. The highest BCUT2D eigenvalue weighted by Gasteiger charge is 2.56. The summed E-state index contributed by atoms with van der Waals surface area (Å²) >= 11 is 0. The topological polar surface area (TPSA) is 38.3 Å². The minimum Gasteiger partial charge on any atom is -0.465 e. The molecule has 3 fully saturated rings. The molecular weight excluding hydrogens is 334 g/mol. The number of benzene rings is 2. The van der Waals surface area contributed by atoms with Gasteiger partial charge in [-0.3, -0.25) is 0 Å². The summed E-state index contributed by atoms with van der Waals surface area (Å²) in [5.74, 6) is 2.13. The van der Waals surface area contributed by atoms with Crippen molar-refractivity contribution >= 4 is 11.7 Å². The average molecular weight is 364 g/mol. The normalized spacial score (nSPS) is 28.1. The van der Waals surface area contributed by atoms with Crippen LogP contribution >= 0.6 is 0 Å². The molecule has 0 amide bonds. The molecule has 5 rings (SSSR count). The number of rotatable bonds is 4. The van der Waals surface area contributed by atoms with E-state index in [0.29, 0.717) is 17.0 Å². The van der Waals surface area contributed by atoms with Gasteiger partial charge < -0.3 is 10.1 Å². The molecular formula is C24H29NO2. The Bertz CT molecular complexity index is 822. The second-order valence-corrected chi connectivity index (χ2v) is 8.85. The third kappa shape index (κ3) is 3.13. The van der Waals surface area contributed by atoms with E-state index in [9.17, 15) is 4.79 Å². The molecule has 0 heterocycles. The molecule has 0 spiro atoms. The molecule has 3 aliphatic rings. The number of carbonyl (C=O) groups is 1. The van der Waals surface area contributed by atoms with Crippen molar-refractivity contribution in [1.82, 2.24) is 0 Å². The summed E-state index contributed by atoms with van der Waals surface area (Å²) in [6.45, 7) is 7.30. The summed E-state index contributed by atoms with van der Waals surface area (Å²) in [6, 6.07) is 16.8. The van der Waals surface area contributed by atoms with Crippen LogP contribution in [0.15, 0.2) is 48.5 Å². The highest BCUT2D eigenvalue weighted by atomic mass is 16.5. The van der Waals surface area contributed by atoms with Gasteiger partial charge in [-0.05, 0) is 71.4 Å². The zero-order valence-corrected chi connectivity index (χ0v) is 16.7. The lowest BCUT2D eigenvalue weighted by molar-refractivity contribution is -0.105. The fourth-order valence-electron chi connectivity index (χ4n) is 5.23. The maximum absolute atomic E-state index is 11.6. The van der Waals surface area contributed by atoms with Crippen LogP contribution in [0.3, 0.4) is 0 Å². The lowest BCUT2D eigenvalue weighted by atomic mass is 9.45. The first-order valence-electron chi connectivity index (χ1n) is 9.95. The molecule has 3 nitrogen and oxygen atoms in total. The van der Waals surface area contributed by atoms with Crippen LogP contribution in [0.2, 0.25) is 0 Å². The first-order valence-corrected chi connectivity index (χ1v) is 9.95. The number of hydrogen-bond acceptors (Lipinski definition) is 3. The van der Waals surface area contributed by atoms with E-state index in [4.69, 9.17) is 4.74 Å². The Kier molecular flexibility index (Phi) is 4.49. The molecule has 3 saturated carbocycles. The van der Waals surface area contributed by atoms with Crippen LogP contribution in [-0.2, 0) is 4.74 Å². The van der Waals surface area contributed by atoms with Crippen LogP contribution in [0, 0.1) is 23.2 Å². The first-order chi connectivity index (χ1) is 12.9. The molecule has 0 radical (unpaired) electrons. The molecule has 3 heteroatoms. The molecule has 27 heavy (non-hydrogen) atoms. The van der Waals surface area contributed by atoms with Crippen molar-refractivity contribution < 1.29 is 9.53 Å². The quantitative estimate of drug-likeness (QED) is 0.716. The summed E-state index contributed by atoms with van der Waals surface area (Å²) in [5, 5.41) is 3.78. The minimum atomic E-state index is -0.302. The Labute approximate surface area is 162 Å². The highest BCUT2D eigenvalue weighted by Crippen LogP contribution is 2.61. The van der Waals surface area contributed by atoms with E-state index in [1.165, 1.54) is 25.6 Å². The van der Waals surface area contributed by atoms with Gasteiger partial charge in [0.15, 0.2) is 0 Å². The van der Waals surface area contributed by atoms with Gasteiger partial charge in [0.2, 0.25) is 0 Å². The van der Waals surface area contributed by atoms with E-state index in [2.05, 4.69) is 50.4 Å². The molecule has 0 aliphatic heterocycles. The van der Waals surface area contributed by atoms with Gasteiger partial charge in [0.1, 0.15) is 0 Å². The minimum absolute atomic E-state index is 0.302. The molecule has 0 saturated heterocycles. The number of hydrogen-bond donors (Lipinski definition) is 1. The van der Waals surface area contributed by atoms with Gasteiger partial charge in [-0.15, -0.1) is 0 Å². The third-order valence-electron chi connectivity index (χ3n) is 7.23. The van der Waals surface area contributed by atoms with Crippen LogP contribution in [0.4, 0.5) is 5.69 Å². The molecule has 2 aromatic carbocycles. The van der Waals surface area contributed by atoms with Crippen LogP contribution in [0.1, 0.15) is 44.0 Å². The lowest BCUT2D eigenvalue weighted by Gasteiger charge is -2.62. The smallest absolute Gasteiger partial charge is 0.337 e. The van der Waals surface area contributed by atoms with Crippen molar-refractivity contribution in [3.8, 4) is 11.1 Å². The zero-order chi connectivity index (χ0) is 19.2. The number of carbonyl (C=O) groups excluding carboxylic acids is 1. The van der Waals surface area contributed by atoms with Crippen molar-refractivity contribution in [2.45, 2.75) is 39.7 Å². The third-order valence-corrected chi connectivity index (χ3v) is 7.23. The second kappa shape index (κ2) is 6.70. The Morgan fingerprint density at radius 1 is 1.00 bits per heavy atom. The lowest BCUT2D eigenvalue weighted by Crippen LogP contribution is -2.58. The van der Waals surface area contributed by atoms with Crippen molar-refractivity contribution in [2.24, 2.45) is 23.2 Å². The molecule has 142 valence electrons. The van der Waals surface area contributed by atoms with E-state index < -0.39 is 0 Å². The van der Waals surface area contributed by atoms with Gasteiger partial charge in [-0.25, -0.2) is 4.79 Å². The molecule has 0 aromatic heterocycles. The largest absolute Gasteiger partial charge is 0.465 e. The van der Waals surface area contributed by atoms with Gasteiger partial charge in [-0.2, -0.15) is 0 Å². The van der Waals surface area contributed by atoms with Gasteiger partial charge >= 0.3 is 5.97 Å². The van der Waals surface area contributed by atoms with Crippen molar-refractivity contribution in [3.05, 3.63) is 54.1 Å². The number of anilines is 1. The number of nitrogens with one attached hydrogen (secondary N) is 1. The highest BCUT2D eigenvalue weighted by molar-refractivity contribution is 5.90. The van der Waals surface area contributed by atoms with Gasteiger partial charge in [0, 0.05) is 11.7 Å². The molecule has 3 aliphatic carbocycles. The van der Waals surface area contributed by atoms with Crippen molar-refractivity contribution in [1.29, 1.82) is 0 Å². The van der Waals surface area contributed by atoms with E-state index in [1.807, 2.05) is 24.3 Å². The second-order valence-electron chi connectivity index (χ2n) is 8.85. The first kappa shape index (κ1) is 18.1. The van der Waals surface area contributed by atoms with Crippen LogP contribution in [0.25, 0.3) is 11.1 Å². The molecule has 0 unspecified atom stereocenters. The fraction of sp³-hybridized carbons (Fsp3) is 0.458.